The molecule has 3 atom stereocenters. The lowest BCUT2D eigenvalue weighted by atomic mass is 9.65. The molecule has 1 N–H and O–H groups in total. The van der Waals surface area contributed by atoms with E-state index in [1.165, 1.54) is 0 Å². The predicted molar refractivity (Wildman–Crippen MR) is 119 cm³/mol. The zero-order valence-electron chi connectivity index (χ0n) is 18.1. The van der Waals surface area contributed by atoms with Gasteiger partial charge in [0.15, 0.2) is 11.5 Å². The average molecular weight is 444 g/mol. The van der Waals surface area contributed by atoms with E-state index >= 15 is 0 Å². The van der Waals surface area contributed by atoms with Crippen molar-refractivity contribution < 1.29 is 23.0 Å². The standard InChI is InChI=1S/C24H29NO5S/c1-17-7-10-20(11-8-17)31(27,28)25-15-19(16-26)24(13-5-4-6-23(24)25)18-9-12-21(29-2)22(14-18)30-3/h5,7-14,19,23,26H,4,6,15-16H2,1-3H3/t19-,23+,24-/m1/s1. The summed E-state index contributed by atoms with van der Waals surface area (Å²) in [5, 5.41) is 10.3. The monoisotopic (exact) mass is 443 g/mol. The van der Waals surface area contributed by atoms with E-state index in [-0.39, 0.29) is 30.0 Å². The molecule has 0 aromatic heterocycles. The first-order valence-electron chi connectivity index (χ1n) is 10.5. The van der Waals surface area contributed by atoms with Crippen molar-refractivity contribution in [2.24, 2.45) is 5.92 Å². The van der Waals surface area contributed by atoms with Crippen molar-refractivity contribution in [2.75, 3.05) is 27.4 Å². The molecule has 31 heavy (non-hydrogen) atoms. The summed E-state index contributed by atoms with van der Waals surface area (Å²) in [4.78, 5) is 0.285. The molecule has 0 saturated carbocycles. The summed E-state index contributed by atoms with van der Waals surface area (Å²) in [6.07, 6.45) is 5.66. The van der Waals surface area contributed by atoms with Crippen molar-refractivity contribution in [1.29, 1.82) is 0 Å². The van der Waals surface area contributed by atoms with Gasteiger partial charge in [-0.15, -0.1) is 0 Å². The average Bonchev–Trinajstić information content (AvgIpc) is 3.15. The number of ether oxygens (including phenoxy) is 2. The minimum absolute atomic E-state index is 0.116. The van der Waals surface area contributed by atoms with Crippen molar-refractivity contribution in [1.82, 2.24) is 4.31 Å². The molecule has 4 rings (SSSR count). The van der Waals surface area contributed by atoms with Crippen LogP contribution in [0.2, 0.25) is 0 Å². The number of benzene rings is 2. The van der Waals surface area contributed by atoms with Gasteiger partial charge in [0.1, 0.15) is 0 Å². The number of allylic oxidation sites excluding steroid dienone is 1. The lowest BCUT2D eigenvalue weighted by Crippen LogP contribution is -2.47. The Hall–Kier alpha value is -2.35. The van der Waals surface area contributed by atoms with Gasteiger partial charge in [-0.25, -0.2) is 8.42 Å². The van der Waals surface area contributed by atoms with Gasteiger partial charge in [-0.1, -0.05) is 35.9 Å². The van der Waals surface area contributed by atoms with Crippen molar-refractivity contribution in [2.45, 2.75) is 36.1 Å². The van der Waals surface area contributed by atoms with Crippen LogP contribution >= 0.6 is 0 Å². The summed E-state index contributed by atoms with van der Waals surface area (Å²) in [6.45, 7) is 2.08. The van der Waals surface area contributed by atoms with E-state index in [0.29, 0.717) is 17.9 Å². The number of rotatable bonds is 6. The number of methoxy groups -OCH3 is 2. The topological polar surface area (TPSA) is 76.1 Å². The number of aryl methyl sites for hydroxylation is 1. The van der Waals surface area contributed by atoms with Crippen LogP contribution in [0.3, 0.4) is 0 Å². The van der Waals surface area contributed by atoms with Crippen LogP contribution in [-0.4, -0.2) is 51.2 Å². The number of sulfonamides is 1. The van der Waals surface area contributed by atoms with E-state index in [4.69, 9.17) is 9.47 Å². The van der Waals surface area contributed by atoms with E-state index in [1.807, 2.05) is 37.3 Å². The quantitative estimate of drug-likeness (QED) is 0.694. The number of hydrogen-bond acceptors (Lipinski definition) is 5. The zero-order chi connectivity index (χ0) is 22.2. The largest absolute Gasteiger partial charge is 0.493 e. The van der Waals surface area contributed by atoms with Crippen LogP contribution in [0.5, 0.6) is 11.5 Å². The van der Waals surface area contributed by atoms with Gasteiger partial charge >= 0.3 is 0 Å². The third-order valence-electron chi connectivity index (χ3n) is 6.71. The summed E-state index contributed by atoms with van der Waals surface area (Å²) >= 11 is 0. The first-order valence-corrected chi connectivity index (χ1v) is 11.9. The van der Waals surface area contributed by atoms with Crippen LogP contribution in [0, 0.1) is 12.8 Å². The molecule has 0 unspecified atom stereocenters. The Labute approximate surface area is 184 Å². The molecular formula is C24H29NO5S. The number of aliphatic hydroxyl groups excluding tert-OH is 1. The van der Waals surface area contributed by atoms with Gasteiger partial charge in [0, 0.05) is 30.5 Å². The minimum atomic E-state index is -3.71. The smallest absolute Gasteiger partial charge is 0.243 e. The van der Waals surface area contributed by atoms with E-state index in [0.717, 1.165) is 17.5 Å². The summed E-state index contributed by atoms with van der Waals surface area (Å²) in [5.41, 5.74) is 1.30. The normalized spacial score (nSPS) is 25.9. The molecule has 1 heterocycles. The molecule has 1 fully saturated rings. The van der Waals surface area contributed by atoms with E-state index < -0.39 is 15.4 Å². The van der Waals surface area contributed by atoms with Gasteiger partial charge < -0.3 is 14.6 Å². The first kappa shape index (κ1) is 21.9. The molecule has 0 radical (unpaired) electrons. The van der Waals surface area contributed by atoms with Crippen molar-refractivity contribution in [3.8, 4) is 11.5 Å². The van der Waals surface area contributed by atoms with Crippen molar-refractivity contribution in [3.05, 3.63) is 65.7 Å². The minimum Gasteiger partial charge on any atom is -0.493 e. The van der Waals surface area contributed by atoms with Crippen molar-refractivity contribution >= 4 is 10.0 Å². The highest BCUT2D eigenvalue weighted by Gasteiger charge is 2.57. The Bertz CT molecular complexity index is 1080. The number of aliphatic hydroxyl groups is 1. The molecule has 0 amide bonds. The summed E-state index contributed by atoms with van der Waals surface area (Å²) < 4.78 is 39.8. The lowest BCUT2D eigenvalue weighted by Gasteiger charge is -2.41. The summed E-state index contributed by atoms with van der Waals surface area (Å²) in [5.74, 6) is 0.928. The fourth-order valence-electron chi connectivity index (χ4n) is 5.12. The van der Waals surface area contributed by atoms with E-state index in [9.17, 15) is 13.5 Å². The molecule has 1 saturated heterocycles. The maximum absolute atomic E-state index is 13.6. The highest BCUT2D eigenvalue weighted by atomic mass is 32.2. The van der Waals surface area contributed by atoms with Gasteiger partial charge in [-0.05, 0) is 49.6 Å². The molecule has 0 spiro atoms. The molecule has 166 valence electrons. The summed E-state index contributed by atoms with van der Waals surface area (Å²) in [6, 6.07) is 12.4. The van der Waals surface area contributed by atoms with Gasteiger partial charge in [-0.3, -0.25) is 0 Å². The van der Waals surface area contributed by atoms with Crippen LogP contribution < -0.4 is 9.47 Å². The molecule has 2 aromatic carbocycles. The van der Waals surface area contributed by atoms with Crippen LogP contribution in [0.4, 0.5) is 0 Å². The second-order valence-corrected chi connectivity index (χ2v) is 10.2. The van der Waals surface area contributed by atoms with Gasteiger partial charge in [0.25, 0.3) is 0 Å². The highest BCUT2D eigenvalue weighted by molar-refractivity contribution is 7.89. The first-order chi connectivity index (χ1) is 14.9. The molecule has 1 aliphatic heterocycles. The van der Waals surface area contributed by atoms with Gasteiger partial charge in [-0.2, -0.15) is 4.31 Å². The molecular weight excluding hydrogens is 414 g/mol. The third-order valence-corrected chi connectivity index (χ3v) is 8.60. The zero-order valence-corrected chi connectivity index (χ0v) is 18.9. The number of fused-ring (bicyclic) bond motifs is 1. The Morgan fingerprint density at radius 2 is 1.81 bits per heavy atom. The number of nitrogens with zero attached hydrogens (tertiary/aromatic N) is 1. The molecule has 0 bridgehead atoms. The van der Waals surface area contributed by atoms with Crippen LogP contribution in [-0.2, 0) is 15.4 Å². The SMILES string of the molecule is COc1ccc([C@@]23C=CCC[C@@H]2N(S(=O)(=O)c2ccc(C)cc2)C[C@@H]3CO)cc1OC. The van der Waals surface area contributed by atoms with Gasteiger partial charge in [0.2, 0.25) is 10.0 Å². The highest BCUT2D eigenvalue weighted by Crippen LogP contribution is 2.52. The Balaban J connectivity index is 1.84. The third kappa shape index (κ3) is 3.45. The van der Waals surface area contributed by atoms with Gasteiger partial charge in [0.05, 0.1) is 19.1 Å². The fraction of sp³-hybridized carbons (Fsp3) is 0.417. The molecule has 1 aliphatic carbocycles. The Morgan fingerprint density at radius 3 is 2.45 bits per heavy atom. The van der Waals surface area contributed by atoms with Crippen molar-refractivity contribution in [3.63, 3.8) is 0 Å². The van der Waals surface area contributed by atoms with E-state index in [1.54, 1.807) is 30.7 Å². The van der Waals surface area contributed by atoms with Crippen LogP contribution in [0.15, 0.2) is 59.5 Å². The number of hydrogen-bond donors (Lipinski definition) is 1. The Kier molecular flexibility index (Phi) is 5.85. The molecule has 2 aromatic rings. The maximum atomic E-state index is 13.6. The second-order valence-electron chi connectivity index (χ2n) is 8.27. The summed E-state index contributed by atoms with van der Waals surface area (Å²) in [7, 11) is -0.544. The predicted octanol–water partition coefficient (Wildman–Crippen LogP) is 3.28. The van der Waals surface area contributed by atoms with Crippen LogP contribution in [0.1, 0.15) is 24.0 Å². The second kappa shape index (κ2) is 8.30. The van der Waals surface area contributed by atoms with Crippen LogP contribution in [0.25, 0.3) is 0 Å². The Morgan fingerprint density at radius 1 is 1.10 bits per heavy atom. The fourth-order valence-corrected chi connectivity index (χ4v) is 6.86. The maximum Gasteiger partial charge on any atom is 0.243 e. The molecule has 2 aliphatic rings. The molecule has 7 heteroatoms. The lowest BCUT2D eigenvalue weighted by molar-refractivity contribution is 0.190. The molecule has 6 nitrogen and oxygen atoms in total. The van der Waals surface area contributed by atoms with E-state index in [2.05, 4.69) is 12.2 Å².